The molecule has 0 saturated heterocycles. The van der Waals surface area contributed by atoms with Gasteiger partial charge in [-0.25, -0.2) is 4.68 Å². The average Bonchev–Trinajstić information content (AvgIpc) is 3.03. The average molecular weight is 407 g/mol. The Morgan fingerprint density at radius 3 is 2.47 bits per heavy atom. The highest BCUT2D eigenvalue weighted by Gasteiger charge is 2.18. The minimum Gasteiger partial charge on any atom is -0.492 e. The number of aryl methyl sites for hydroxylation is 1. The number of nitrogens with one attached hydrogen (secondary N) is 1. The molecule has 0 aliphatic carbocycles. The van der Waals surface area contributed by atoms with Crippen LogP contribution in [0.5, 0.6) is 5.75 Å². The molecule has 7 heteroatoms. The van der Waals surface area contributed by atoms with Gasteiger partial charge in [0.05, 0.1) is 30.1 Å². The predicted molar refractivity (Wildman–Crippen MR) is 114 cm³/mol. The lowest BCUT2D eigenvalue weighted by molar-refractivity contribution is -0.146. The van der Waals surface area contributed by atoms with Crippen molar-refractivity contribution in [2.24, 2.45) is 0 Å². The summed E-state index contributed by atoms with van der Waals surface area (Å²) in [6.45, 7) is 5.74. The van der Waals surface area contributed by atoms with Crippen molar-refractivity contribution in [2.45, 2.75) is 27.2 Å². The third-order valence-corrected chi connectivity index (χ3v) is 4.59. The smallest absolute Gasteiger partial charge is 0.310 e. The number of ether oxygens (including phenoxy) is 2. The third-order valence-electron chi connectivity index (χ3n) is 4.59. The van der Waals surface area contributed by atoms with E-state index in [0.717, 1.165) is 22.6 Å². The fraction of sp³-hybridized carbons (Fsp3) is 0.261. The van der Waals surface area contributed by atoms with Gasteiger partial charge in [0, 0.05) is 11.3 Å². The Balaban J connectivity index is 1.59. The molecule has 1 amide bonds. The number of hydrogen-bond donors (Lipinski definition) is 1. The Morgan fingerprint density at radius 2 is 1.73 bits per heavy atom. The molecule has 7 nitrogen and oxygen atoms in total. The Bertz CT molecular complexity index is 1030. The van der Waals surface area contributed by atoms with Gasteiger partial charge in [-0.3, -0.25) is 9.59 Å². The van der Waals surface area contributed by atoms with Crippen LogP contribution in [0.1, 0.15) is 23.9 Å². The fourth-order valence-corrected chi connectivity index (χ4v) is 3.13. The maximum Gasteiger partial charge on any atom is 0.310 e. The summed E-state index contributed by atoms with van der Waals surface area (Å²) in [6.07, 6.45) is 0.0489. The molecule has 0 bridgehead atoms. The van der Waals surface area contributed by atoms with Crippen LogP contribution in [0.15, 0.2) is 54.6 Å². The molecule has 3 aromatic rings. The number of carbonyl (C=O) groups is 2. The summed E-state index contributed by atoms with van der Waals surface area (Å²) in [5, 5.41) is 7.23. The van der Waals surface area contributed by atoms with E-state index in [-0.39, 0.29) is 13.0 Å². The monoisotopic (exact) mass is 407 g/mol. The number of anilines is 1. The van der Waals surface area contributed by atoms with Crippen molar-refractivity contribution in [2.75, 3.05) is 18.5 Å². The van der Waals surface area contributed by atoms with E-state index in [1.807, 2.05) is 57.2 Å². The zero-order chi connectivity index (χ0) is 21.5. The van der Waals surface area contributed by atoms with Gasteiger partial charge in [-0.05, 0) is 45.0 Å². The van der Waals surface area contributed by atoms with Crippen LogP contribution in [0.25, 0.3) is 5.69 Å². The molecule has 0 aliphatic rings. The number of aromatic nitrogens is 2. The normalized spacial score (nSPS) is 10.5. The van der Waals surface area contributed by atoms with E-state index < -0.39 is 11.9 Å². The zero-order valence-corrected chi connectivity index (χ0v) is 17.3. The number of rotatable bonds is 8. The quantitative estimate of drug-likeness (QED) is 0.577. The summed E-state index contributed by atoms with van der Waals surface area (Å²) >= 11 is 0. The lowest BCUT2D eigenvalue weighted by Crippen LogP contribution is -2.22. The summed E-state index contributed by atoms with van der Waals surface area (Å²) in [6, 6.07) is 16.8. The molecule has 1 N–H and O–H groups in total. The second-order valence-corrected chi connectivity index (χ2v) is 6.71. The van der Waals surface area contributed by atoms with Crippen LogP contribution in [0, 0.1) is 13.8 Å². The molecule has 30 heavy (non-hydrogen) atoms. The highest BCUT2D eigenvalue weighted by atomic mass is 16.5. The topological polar surface area (TPSA) is 82.4 Å². The summed E-state index contributed by atoms with van der Waals surface area (Å²) in [5.74, 6) is -0.342. The van der Waals surface area contributed by atoms with Gasteiger partial charge in [0.2, 0.25) is 0 Å². The van der Waals surface area contributed by atoms with Crippen LogP contribution in [-0.2, 0) is 20.7 Å². The van der Waals surface area contributed by atoms with Crippen LogP contribution in [0.3, 0.4) is 0 Å². The molecule has 0 radical (unpaired) electrons. The van der Waals surface area contributed by atoms with Crippen LogP contribution >= 0.6 is 0 Å². The molecule has 1 aromatic heterocycles. The molecule has 0 saturated carbocycles. The Hall–Kier alpha value is -3.61. The van der Waals surface area contributed by atoms with Crippen molar-refractivity contribution in [1.82, 2.24) is 9.78 Å². The summed E-state index contributed by atoms with van der Waals surface area (Å²) in [7, 11) is 0. The Labute approximate surface area is 175 Å². The van der Waals surface area contributed by atoms with Crippen LogP contribution < -0.4 is 10.1 Å². The van der Waals surface area contributed by atoms with E-state index in [0.29, 0.717) is 18.0 Å². The summed E-state index contributed by atoms with van der Waals surface area (Å²) in [5.41, 5.74) is 3.88. The fourth-order valence-electron chi connectivity index (χ4n) is 3.13. The number of amides is 1. The van der Waals surface area contributed by atoms with E-state index in [9.17, 15) is 9.59 Å². The van der Waals surface area contributed by atoms with Gasteiger partial charge in [0.15, 0.2) is 6.61 Å². The standard InChI is InChI=1S/C23H25N3O4/c1-4-29-21-13-9-8-12-20(21)24-22(27)15-30-23(28)14-19-16(2)25-26(17(19)3)18-10-6-5-7-11-18/h5-13H,4,14-15H2,1-3H3,(H,24,27). The van der Waals surface area contributed by atoms with Crippen molar-refractivity contribution in [3.63, 3.8) is 0 Å². The first-order valence-electron chi connectivity index (χ1n) is 9.77. The van der Waals surface area contributed by atoms with E-state index in [1.54, 1.807) is 22.9 Å². The van der Waals surface area contributed by atoms with E-state index in [4.69, 9.17) is 9.47 Å². The maximum atomic E-state index is 12.3. The molecule has 0 unspecified atom stereocenters. The number of para-hydroxylation sites is 3. The number of hydrogen-bond acceptors (Lipinski definition) is 5. The molecule has 3 rings (SSSR count). The number of esters is 1. The molecular weight excluding hydrogens is 382 g/mol. The SMILES string of the molecule is CCOc1ccccc1NC(=O)COC(=O)Cc1c(C)nn(-c2ccccc2)c1C. The molecular formula is C23H25N3O4. The van der Waals surface area contributed by atoms with Gasteiger partial charge in [-0.15, -0.1) is 0 Å². The minimum absolute atomic E-state index is 0.0489. The number of benzene rings is 2. The second-order valence-electron chi connectivity index (χ2n) is 6.71. The second kappa shape index (κ2) is 9.73. The molecule has 0 spiro atoms. The van der Waals surface area contributed by atoms with Crippen LogP contribution in [0.2, 0.25) is 0 Å². The number of carbonyl (C=O) groups excluding carboxylic acids is 2. The van der Waals surface area contributed by atoms with Gasteiger partial charge in [0.25, 0.3) is 5.91 Å². The first-order valence-corrected chi connectivity index (χ1v) is 9.77. The van der Waals surface area contributed by atoms with E-state index >= 15 is 0 Å². The van der Waals surface area contributed by atoms with E-state index in [1.165, 1.54) is 0 Å². The zero-order valence-electron chi connectivity index (χ0n) is 17.3. The maximum absolute atomic E-state index is 12.3. The molecule has 1 heterocycles. The van der Waals surface area contributed by atoms with Gasteiger partial charge in [-0.2, -0.15) is 5.10 Å². The summed E-state index contributed by atoms with van der Waals surface area (Å²) in [4.78, 5) is 24.5. The largest absolute Gasteiger partial charge is 0.492 e. The van der Waals surface area contributed by atoms with Crippen LogP contribution in [0.4, 0.5) is 5.69 Å². The van der Waals surface area contributed by atoms with Gasteiger partial charge < -0.3 is 14.8 Å². The van der Waals surface area contributed by atoms with Crippen molar-refractivity contribution in [1.29, 1.82) is 0 Å². The highest BCUT2D eigenvalue weighted by Crippen LogP contribution is 2.23. The first-order chi connectivity index (χ1) is 14.5. The first kappa shape index (κ1) is 21.1. The molecule has 2 aromatic carbocycles. The molecule has 0 atom stereocenters. The van der Waals surface area contributed by atoms with Gasteiger partial charge in [-0.1, -0.05) is 30.3 Å². The van der Waals surface area contributed by atoms with Crippen molar-refractivity contribution < 1.29 is 19.1 Å². The number of nitrogens with zero attached hydrogens (tertiary/aromatic N) is 2. The highest BCUT2D eigenvalue weighted by molar-refractivity contribution is 5.94. The van der Waals surface area contributed by atoms with Gasteiger partial charge >= 0.3 is 5.97 Å². The minimum atomic E-state index is -0.484. The van der Waals surface area contributed by atoms with Crippen molar-refractivity contribution in [3.05, 3.63) is 71.5 Å². The van der Waals surface area contributed by atoms with Crippen molar-refractivity contribution >= 4 is 17.6 Å². The lowest BCUT2D eigenvalue weighted by atomic mass is 10.1. The Kier molecular flexibility index (Phi) is 6.85. The molecule has 156 valence electrons. The van der Waals surface area contributed by atoms with Crippen molar-refractivity contribution in [3.8, 4) is 11.4 Å². The third kappa shape index (κ3) is 5.05. The van der Waals surface area contributed by atoms with Gasteiger partial charge in [0.1, 0.15) is 5.75 Å². The summed E-state index contributed by atoms with van der Waals surface area (Å²) < 4.78 is 12.5. The molecule has 0 aliphatic heterocycles. The Morgan fingerprint density at radius 1 is 1.03 bits per heavy atom. The van der Waals surface area contributed by atoms with E-state index in [2.05, 4.69) is 10.4 Å². The van der Waals surface area contributed by atoms with Crippen LogP contribution in [-0.4, -0.2) is 34.9 Å². The lowest BCUT2D eigenvalue weighted by Gasteiger charge is -2.11. The molecule has 0 fully saturated rings. The predicted octanol–water partition coefficient (Wildman–Crippen LogP) is 3.61.